The predicted molar refractivity (Wildman–Crippen MR) is 31.3 cm³/mol. The van der Waals surface area contributed by atoms with Crippen LogP contribution in [0.2, 0.25) is 5.82 Å². The van der Waals surface area contributed by atoms with Gasteiger partial charge in [-0.05, 0) is 0 Å². The van der Waals surface area contributed by atoms with Crippen molar-refractivity contribution in [3.63, 3.8) is 0 Å². The van der Waals surface area contributed by atoms with Gasteiger partial charge >= 0.3 is 7.12 Å². The molecule has 1 fully saturated rings. The summed E-state index contributed by atoms with van der Waals surface area (Å²) in [5.41, 5.74) is 0. The molecule has 4 nitrogen and oxygen atoms in total. The van der Waals surface area contributed by atoms with Crippen LogP contribution in [0.4, 0.5) is 0 Å². The van der Waals surface area contributed by atoms with Gasteiger partial charge in [-0.15, -0.1) is 0 Å². The zero-order valence-corrected chi connectivity index (χ0v) is 4.78. The topological polar surface area (TPSA) is 76.3 Å². The summed E-state index contributed by atoms with van der Waals surface area (Å²) in [6.07, 6.45) is 0. The minimum Gasteiger partial charge on any atom is -0.427 e. The smallest absolute Gasteiger partial charge is 0.427 e. The maximum atomic E-state index is 8.54. The lowest BCUT2D eigenvalue weighted by Gasteiger charge is -2.31. The fraction of sp³-hybridized carbons (Fsp3) is 0.750. The Balaban J connectivity index is 2.38. The Kier molecular flexibility index (Phi) is 1.71. The van der Waals surface area contributed by atoms with E-state index < -0.39 is 7.12 Å². The van der Waals surface area contributed by atoms with E-state index in [2.05, 4.69) is 5.32 Å². The molecule has 0 aliphatic carbocycles. The van der Waals surface area contributed by atoms with E-state index in [1.807, 2.05) is 6.07 Å². The highest BCUT2D eigenvalue weighted by Crippen LogP contribution is 2.19. The first-order chi connectivity index (χ1) is 4.25. The van der Waals surface area contributed by atoms with E-state index in [1.165, 1.54) is 0 Å². The van der Waals surface area contributed by atoms with Crippen molar-refractivity contribution >= 4 is 7.12 Å². The van der Waals surface area contributed by atoms with Crippen LogP contribution < -0.4 is 5.32 Å². The largest absolute Gasteiger partial charge is 0.458 e. The molecule has 1 rings (SSSR count). The van der Waals surface area contributed by atoms with Crippen molar-refractivity contribution in [1.29, 1.82) is 5.26 Å². The van der Waals surface area contributed by atoms with Crippen molar-refractivity contribution in [1.82, 2.24) is 5.32 Å². The van der Waals surface area contributed by atoms with Gasteiger partial charge in [0, 0.05) is 12.4 Å². The molecule has 1 aliphatic rings. The van der Waals surface area contributed by atoms with Crippen molar-refractivity contribution in [2.24, 2.45) is 0 Å². The lowest BCUT2D eigenvalue weighted by molar-refractivity contribution is 0.321. The molecule has 1 unspecified atom stereocenters. The highest BCUT2D eigenvalue weighted by molar-refractivity contribution is 6.44. The number of nitrogens with one attached hydrogen (secondary N) is 1. The molecule has 0 spiro atoms. The maximum Gasteiger partial charge on any atom is 0.458 e. The molecule has 5 heteroatoms. The molecule has 0 aromatic rings. The predicted octanol–water partition coefficient (Wildman–Crippen LogP) is -1.68. The van der Waals surface area contributed by atoms with Crippen LogP contribution >= 0.6 is 0 Å². The first-order valence-electron chi connectivity index (χ1n) is 2.75. The second kappa shape index (κ2) is 2.35. The second-order valence-electron chi connectivity index (χ2n) is 2.09. The molecule has 2 atom stereocenters. The SMILES string of the molecule is N#CC1NC[C@H]1B(O)O. The van der Waals surface area contributed by atoms with Crippen molar-refractivity contribution in [3.8, 4) is 6.07 Å². The van der Waals surface area contributed by atoms with E-state index >= 15 is 0 Å². The minimum absolute atomic E-state index is 0.296. The molecular weight excluding hydrogens is 119 g/mol. The Labute approximate surface area is 53.3 Å². The van der Waals surface area contributed by atoms with Gasteiger partial charge in [0.1, 0.15) is 0 Å². The van der Waals surface area contributed by atoms with Crippen molar-refractivity contribution in [2.75, 3.05) is 6.54 Å². The molecule has 0 bridgehead atoms. The second-order valence-corrected chi connectivity index (χ2v) is 2.09. The number of hydrogen-bond donors (Lipinski definition) is 3. The average Bonchev–Trinajstić information content (AvgIpc) is 1.61. The first-order valence-corrected chi connectivity index (χ1v) is 2.75. The third kappa shape index (κ3) is 1.05. The van der Waals surface area contributed by atoms with Gasteiger partial charge in [0.05, 0.1) is 12.1 Å². The van der Waals surface area contributed by atoms with Crippen LogP contribution in [0.3, 0.4) is 0 Å². The Bertz CT molecular complexity index is 144. The Morgan fingerprint density at radius 2 is 2.33 bits per heavy atom. The Morgan fingerprint density at radius 1 is 1.67 bits per heavy atom. The van der Waals surface area contributed by atoms with E-state index in [4.69, 9.17) is 15.3 Å². The van der Waals surface area contributed by atoms with E-state index in [0.717, 1.165) is 0 Å². The third-order valence-corrected chi connectivity index (χ3v) is 1.52. The summed E-state index contributed by atoms with van der Waals surface area (Å²) >= 11 is 0. The zero-order valence-electron chi connectivity index (χ0n) is 4.78. The lowest BCUT2D eigenvalue weighted by atomic mass is 9.64. The Hall–Kier alpha value is -0.565. The van der Waals surface area contributed by atoms with E-state index in [9.17, 15) is 0 Å². The molecule has 9 heavy (non-hydrogen) atoms. The Morgan fingerprint density at radius 3 is 2.44 bits per heavy atom. The highest BCUT2D eigenvalue weighted by atomic mass is 16.4. The number of nitrogens with zero attached hydrogens (tertiary/aromatic N) is 1. The number of hydrogen-bond acceptors (Lipinski definition) is 4. The fourth-order valence-electron chi connectivity index (χ4n) is 0.791. The molecule has 1 heterocycles. The summed E-state index contributed by atoms with van der Waals surface area (Å²) in [5, 5.41) is 28.1. The van der Waals surface area contributed by atoms with Gasteiger partial charge in [-0.2, -0.15) is 5.26 Å². The van der Waals surface area contributed by atoms with Gasteiger partial charge in [0.2, 0.25) is 0 Å². The summed E-state index contributed by atoms with van der Waals surface area (Å²) < 4.78 is 0. The van der Waals surface area contributed by atoms with Crippen LogP contribution in [-0.4, -0.2) is 29.8 Å². The third-order valence-electron chi connectivity index (χ3n) is 1.52. The standard InChI is InChI=1S/C4H7BN2O2/c6-1-4-3(2-7-4)5(8)9/h3-4,7-9H,2H2/t3-,4?/m1/s1. The van der Waals surface area contributed by atoms with Crippen LogP contribution in [0.15, 0.2) is 0 Å². The summed E-state index contributed by atoms with van der Waals surface area (Å²) in [7, 11) is -1.35. The summed E-state index contributed by atoms with van der Waals surface area (Å²) in [6, 6.07) is 1.53. The van der Waals surface area contributed by atoms with Crippen LogP contribution in [0, 0.1) is 11.3 Å². The van der Waals surface area contributed by atoms with E-state index in [0.29, 0.717) is 6.54 Å². The van der Waals surface area contributed by atoms with Crippen LogP contribution in [-0.2, 0) is 0 Å². The van der Waals surface area contributed by atoms with Gasteiger partial charge in [0.15, 0.2) is 0 Å². The normalized spacial score (nSPS) is 32.6. The maximum absolute atomic E-state index is 8.54. The van der Waals surface area contributed by atoms with Crippen molar-refractivity contribution in [2.45, 2.75) is 11.9 Å². The molecule has 1 saturated heterocycles. The molecule has 0 aromatic heterocycles. The van der Waals surface area contributed by atoms with Crippen molar-refractivity contribution < 1.29 is 10.0 Å². The molecule has 3 N–H and O–H groups in total. The van der Waals surface area contributed by atoms with Crippen molar-refractivity contribution in [3.05, 3.63) is 0 Å². The molecule has 0 saturated carbocycles. The van der Waals surface area contributed by atoms with Crippen LogP contribution in [0.1, 0.15) is 0 Å². The first kappa shape index (κ1) is 6.55. The molecule has 48 valence electrons. The molecule has 1 aliphatic heterocycles. The van der Waals surface area contributed by atoms with Gasteiger partial charge in [-0.3, -0.25) is 0 Å². The van der Waals surface area contributed by atoms with E-state index in [-0.39, 0.29) is 11.9 Å². The summed E-state index contributed by atoms with van der Waals surface area (Å²) in [6.45, 7) is 0.524. The average molecular weight is 126 g/mol. The van der Waals surface area contributed by atoms with Gasteiger partial charge in [-0.25, -0.2) is 0 Å². The zero-order chi connectivity index (χ0) is 6.85. The van der Waals surface area contributed by atoms with Gasteiger partial charge in [0.25, 0.3) is 0 Å². The van der Waals surface area contributed by atoms with E-state index in [1.54, 1.807) is 0 Å². The highest BCUT2D eigenvalue weighted by Gasteiger charge is 2.38. The summed E-state index contributed by atoms with van der Waals surface area (Å²) in [4.78, 5) is 0. The number of nitriles is 1. The molecule has 0 amide bonds. The van der Waals surface area contributed by atoms with Crippen LogP contribution in [0.25, 0.3) is 0 Å². The molecule has 0 aromatic carbocycles. The monoisotopic (exact) mass is 126 g/mol. The molecule has 0 radical (unpaired) electrons. The minimum atomic E-state index is -1.35. The lowest BCUT2D eigenvalue weighted by Crippen LogP contribution is -2.54. The number of rotatable bonds is 1. The quantitative estimate of drug-likeness (QED) is 0.367. The fourth-order valence-corrected chi connectivity index (χ4v) is 0.791. The summed E-state index contributed by atoms with van der Waals surface area (Å²) in [5.74, 6) is -0.296. The van der Waals surface area contributed by atoms with Gasteiger partial charge in [-0.1, -0.05) is 0 Å². The van der Waals surface area contributed by atoms with Crippen LogP contribution in [0.5, 0.6) is 0 Å². The molecular formula is C4H7BN2O2. The van der Waals surface area contributed by atoms with Gasteiger partial charge < -0.3 is 15.4 Å².